The van der Waals surface area contributed by atoms with Crippen molar-refractivity contribution >= 4 is 11.7 Å². The van der Waals surface area contributed by atoms with Gasteiger partial charge in [0.2, 0.25) is 5.91 Å². The van der Waals surface area contributed by atoms with Crippen molar-refractivity contribution in [1.29, 1.82) is 0 Å². The van der Waals surface area contributed by atoms with E-state index in [2.05, 4.69) is 5.32 Å². The Bertz CT molecular complexity index is 145. The molecule has 3 N–H and O–H groups in total. The van der Waals surface area contributed by atoms with E-state index in [0.29, 0.717) is 13.1 Å². The molecule has 0 radical (unpaired) electrons. The minimum atomic E-state index is -0.217. The van der Waals surface area contributed by atoms with Crippen molar-refractivity contribution < 1.29 is 9.59 Å². The van der Waals surface area contributed by atoms with Gasteiger partial charge in [0.05, 0.1) is 6.42 Å². The van der Waals surface area contributed by atoms with Crippen LogP contribution < -0.4 is 11.1 Å². The highest BCUT2D eigenvalue weighted by Crippen LogP contribution is 1.81. The van der Waals surface area contributed by atoms with Gasteiger partial charge in [0, 0.05) is 6.54 Å². The maximum absolute atomic E-state index is 10.8. The molecule has 0 aromatic heterocycles. The Labute approximate surface area is 66.1 Å². The molecule has 0 bridgehead atoms. The number of hydrogen-bond acceptors (Lipinski definition) is 3. The summed E-state index contributed by atoms with van der Waals surface area (Å²) >= 11 is 0. The monoisotopic (exact) mass is 158 g/mol. The topological polar surface area (TPSA) is 72.2 Å². The van der Waals surface area contributed by atoms with Gasteiger partial charge in [-0.3, -0.25) is 9.59 Å². The Balaban J connectivity index is 3.30. The van der Waals surface area contributed by atoms with Crippen LogP contribution in [-0.4, -0.2) is 24.8 Å². The van der Waals surface area contributed by atoms with Crippen molar-refractivity contribution in [3.05, 3.63) is 0 Å². The number of amides is 1. The van der Waals surface area contributed by atoms with Crippen molar-refractivity contribution in [3.63, 3.8) is 0 Å². The van der Waals surface area contributed by atoms with Crippen LogP contribution in [0.1, 0.15) is 19.8 Å². The second kappa shape index (κ2) is 5.85. The maximum Gasteiger partial charge on any atom is 0.227 e. The molecule has 11 heavy (non-hydrogen) atoms. The smallest absolute Gasteiger partial charge is 0.227 e. The van der Waals surface area contributed by atoms with Crippen LogP contribution in [0, 0.1) is 0 Å². The average Bonchev–Trinajstić information content (AvgIpc) is 1.86. The maximum atomic E-state index is 10.8. The molecule has 0 unspecified atom stereocenters. The zero-order chi connectivity index (χ0) is 8.69. The van der Waals surface area contributed by atoms with Crippen LogP contribution in [0.2, 0.25) is 0 Å². The van der Waals surface area contributed by atoms with Crippen LogP contribution in [-0.2, 0) is 9.59 Å². The first-order valence-electron chi connectivity index (χ1n) is 3.63. The molecular weight excluding hydrogens is 144 g/mol. The predicted octanol–water partition coefficient (Wildman–Crippen LogP) is -0.569. The quantitative estimate of drug-likeness (QED) is 0.416. The largest absolute Gasteiger partial charge is 0.356 e. The third-order valence-electron chi connectivity index (χ3n) is 1.11. The third-order valence-corrected chi connectivity index (χ3v) is 1.11. The number of carbonyl (C=O) groups excluding carboxylic acids is 2. The highest BCUT2D eigenvalue weighted by Gasteiger charge is 2.02. The number of nitrogens with two attached hydrogens (primary N) is 1. The van der Waals surface area contributed by atoms with Gasteiger partial charge in [0.25, 0.3) is 0 Å². The molecule has 0 aromatic carbocycles. The van der Waals surface area contributed by atoms with Crippen LogP contribution in [0.15, 0.2) is 0 Å². The molecule has 0 atom stereocenters. The number of carbonyl (C=O) groups is 2. The standard InChI is InChI=1S/C7H14N2O2/c1-6(10)5-7(11)9-4-2-3-8/h2-5,8H2,1H3,(H,9,11). The number of Topliss-reactive ketones (excluding diaryl/α,β-unsaturated/α-hetero) is 1. The lowest BCUT2D eigenvalue weighted by atomic mass is 10.3. The van der Waals surface area contributed by atoms with Gasteiger partial charge in [-0.1, -0.05) is 0 Å². The number of nitrogens with one attached hydrogen (secondary N) is 1. The Morgan fingerprint density at radius 3 is 2.55 bits per heavy atom. The summed E-state index contributed by atoms with van der Waals surface area (Å²) in [4.78, 5) is 21.2. The fourth-order valence-electron chi connectivity index (χ4n) is 0.618. The number of ketones is 1. The molecule has 64 valence electrons. The molecule has 0 aliphatic heterocycles. The highest BCUT2D eigenvalue weighted by molar-refractivity contribution is 5.96. The lowest BCUT2D eigenvalue weighted by Crippen LogP contribution is -2.27. The molecule has 0 aliphatic carbocycles. The third kappa shape index (κ3) is 6.99. The van der Waals surface area contributed by atoms with Gasteiger partial charge in [-0.25, -0.2) is 0 Å². The van der Waals surface area contributed by atoms with E-state index in [-0.39, 0.29) is 18.1 Å². The molecule has 0 saturated carbocycles. The first-order chi connectivity index (χ1) is 5.16. The van der Waals surface area contributed by atoms with Gasteiger partial charge in [-0.15, -0.1) is 0 Å². The lowest BCUT2D eigenvalue weighted by molar-refractivity contribution is -0.127. The van der Waals surface area contributed by atoms with Crippen LogP contribution in [0.3, 0.4) is 0 Å². The first-order valence-corrected chi connectivity index (χ1v) is 3.63. The summed E-state index contributed by atoms with van der Waals surface area (Å²) in [5.41, 5.74) is 5.20. The zero-order valence-electron chi connectivity index (χ0n) is 6.72. The van der Waals surface area contributed by atoms with E-state index in [4.69, 9.17) is 5.73 Å². The van der Waals surface area contributed by atoms with Gasteiger partial charge in [-0.2, -0.15) is 0 Å². The van der Waals surface area contributed by atoms with Crippen LogP contribution in [0.4, 0.5) is 0 Å². The van der Waals surface area contributed by atoms with Crippen LogP contribution in [0.25, 0.3) is 0 Å². The molecule has 1 amide bonds. The van der Waals surface area contributed by atoms with Crippen molar-refractivity contribution in [2.75, 3.05) is 13.1 Å². The van der Waals surface area contributed by atoms with E-state index in [1.54, 1.807) is 0 Å². The Morgan fingerprint density at radius 2 is 2.09 bits per heavy atom. The SMILES string of the molecule is CC(=O)CC(=O)NCCCN. The molecule has 4 heteroatoms. The zero-order valence-corrected chi connectivity index (χ0v) is 6.72. The van der Waals surface area contributed by atoms with E-state index in [1.807, 2.05) is 0 Å². The van der Waals surface area contributed by atoms with Crippen molar-refractivity contribution in [1.82, 2.24) is 5.32 Å². The first kappa shape index (κ1) is 10.1. The second-order valence-corrected chi connectivity index (χ2v) is 2.37. The summed E-state index contributed by atoms with van der Waals surface area (Å²) in [6, 6.07) is 0. The minimum Gasteiger partial charge on any atom is -0.356 e. The fraction of sp³-hybridized carbons (Fsp3) is 0.714. The summed E-state index contributed by atoms with van der Waals surface area (Å²) in [7, 11) is 0. The molecule has 0 aromatic rings. The van der Waals surface area contributed by atoms with Gasteiger partial charge in [-0.05, 0) is 19.9 Å². The molecule has 0 heterocycles. The Hall–Kier alpha value is -0.900. The number of hydrogen-bond donors (Lipinski definition) is 2. The molecule has 0 saturated heterocycles. The van der Waals surface area contributed by atoms with Gasteiger partial charge in [0.1, 0.15) is 5.78 Å². The minimum absolute atomic E-state index is 0.0232. The van der Waals surface area contributed by atoms with Crippen molar-refractivity contribution in [2.45, 2.75) is 19.8 Å². The number of rotatable bonds is 5. The average molecular weight is 158 g/mol. The van der Waals surface area contributed by atoms with E-state index in [1.165, 1.54) is 6.92 Å². The van der Waals surface area contributed by atoms with E-state index >= 15 is 0 Å². The van der Waals surface area contributed by atoms with E-state index in [9.17, 15) is 9.59 Å². The normalized spacial score (nSPS) is 9.27. The molecule has 0 rings (SSSR count). The lowest BCUT2D eigenvalue weighted by Gasteiger charge is -2.00. The summed E-state index contributed by atoms with van der Waals surface area (Å²) in [5.74, 6) is -0.332. The van der Waals surface area contributed by atoms with Gasteiger partial charge >= 0.3 is 0 Å². The summed E-state index contributed by atoms with van der Waals surface area (Å²) in [6.45, 7) is 2.51. The summed E-state index contributed by atoms with van der Waals surface area (Å²) in [6.07, 6.45) is 0.730. The predicted molar refractivity (Wildman–Crippen MR) is 42.0 cm³/mol. The molecule has 0 fully saturated rings. The van der Waals surface area contributed by atoms with Crippen molar-refractivity contribution in [2.24, 2.45) is 5.73 Å². The molecule has 4 nitrogen and oxygen atoms in total. The molecular formula is C7H14N2O2. The molecule has 0 spiro atoms. The van der Waals surface area contributed by atoms with Gasteiger partial charge < -0.3 is 11.1 Å². The van der Waals surface area contributed by atoms with Gasteiger partial charge in [0.15, 0.2) is 0 Å². The van der Waals surface area contributed by atoms with Crippen LogP contribution in [0.5, 0.6) is 0 Å². The van der Waals surface area contributed by atoms with E-state index in [0.717, 1.165) is 6.42 Å². The Morgan fingerprint density at radius 1 is 1.45 bits per heavy atom. The second-order valence-electron chi connectivity index (χ2n) is 2.37. The summed E-state index contributed by atoms with van der Waals surface area (Å²) in [5, 5.41) is 2.58. The van der Waals surface area contributed by atoms with Crippen LogP contribution >= 0.6 is 0 Å². The Kier molecular flexibility index (Phi) is 5.37. The van der Waals surface area contributed by atoms with E-state index < -0.39 is 0 Å². The molecule has 0 aliphatic rings. The highest BCUT2D eigenvalue weighted by atomic mass is 16.2. The van der Waals surface area contributed by atoms with Crippen molar-refractivity contribution in [3.8, 4) is 0 Å². The fourth-order valence-corrected chi connectivity index (χ4v) is 0.618. The summed E-state index contributed by atoms with van der Waals surface area (Å²) < 4.78 is 0.